The van der Waals surface area contributed by atoms with Gasteiger partial charge in [0.05, 0.1) is 54.7 Å². The normalized spacial score (nSPS) is 14.5. The number of hydrogen-bond acceptors (Lipinski definition) is 11. The van der Waals surface area contributed by atoms with Gasteiger partial charge in [0.15, 0.2) is 22.0 Å². The summed E-state index contributed by atoms with van der Waals surface area (Å²) in [4.78, 5) is 43.7. The number of carbonyl (C=O) groups excluding carboxylic acids is 1. The van der Waals surface area contributed by atoms with Gasteiger partial charge in [0.1, 0.15) is 0 Å². The van der Waals surface area contributed by atoms with E-state index in [1.54, 1.807) is 37.3 Å². The SMILES string of the molecule is CCOC(=O)C1=C(c2ccccc2)N=c2s/c(=C\c3cc(OC)c(O)c([N+](=O)[O-])c3)c(=O)n2[C@@H]1c1ccc(OC)c(OC)c1. The lowest BCUT2D eigenvalue weighted by Crippen LogP contribution is -2.40. The summed E-state index contributed by atoms with van der Waals surface area (Å²) in [6.45, 7) is 1.78. The van der Waals surface area contributed by atoms with Crippen molar-refractivity contribution in [2.45, 2.75) is 13.0 Å². The van der Waals surface area contributed by atoms with Crippen molar-refractivity contribution in [3.05, 3.63) is 113 Å². The highest BCUT2D eigenvalue weighted by molar-refractivity contribution is 7.07. The zero-order chi connectivity index (χ0) is 31.5. The van der Waals surface area contributed by atoms with E-state index < -0.39 is 33.9 Å². The lowest BCUT2D eigenvalue weighted by atomic mass is 9.93. The minimum Gasteiger partial charge on any atom is -0.500 e. The van der Waals surface area contributed by atoms with Crippen LogP contribution in [0.5, 0.6) is 23.0 Å². The Morgan fingerprint density at radius 2 is 1.75 bits per heavy atom. The number of phenols is 1. The van der Waals surface area contributed by atoms with E-state index in [9.17, 15) is 24.8 Å². The molecule has 2 heterocycles. The zero-order valence-electron chi connectivity index (χ0n) is 24.1. The number of benzene rings is 3. The number of nitro benzene ring substituents is 1. The second-order valence-corrected chi connectivity index (χ2v) is 10.4. The third-order valence-electron chi connectivity index (χ3n) is 6.89. The molecule has 12 nitrogen and oxygen atoms in total. The number of methoxy groups -OCH3 is 3. The highest BCUT2D eigenvalue weighted by Gasteiger charge is 2.35. The van der Waals surface area contributed by atoms with Gasteiger partial charge in [0.25, 0.3) is 5.56 Å². The largest absolute Gasteiger partial charge is 0.500 e. The number of nitro groups is 1. The molecule has 13 heteroatoms. The lowest BCUT2D eigenvalue weighted by Gasteiger charge is -2.26. The molecule has 5 rings (SSSR count). The van der Waals surface area contributed by atoms with Crippen LogP contribution in [0.25, 0.3) is 11.8 Å². The highest BCUT2D eigenvalue weighted by Crippen LogP contribution is 2.39. The summed E-state index contributed by atoms with van der Waals surface area (Å²) < 4.78 is 23.1. The quantitative estimate of drug-likeness (QED) is 0.169. The average molecular weight is 618 g/mol. The van der Waals surface area contributed by atoms with E-state index in [2.05, 4.69) is 0 Å². The number of fused-ring (bicyclic) bond motifs is 1. The van der Waals surface area contributed by atoms with Crippen LogP contribution in [-0.4, -0.2) is 48.5 Å². The standard InChI is InChI=1S/C31H27N3O9S/c1-5-43-30(37)25-26(18-9-7-6-8-10-18)32-31-33(27(25)19-11-12-21(40-2)22(16-19)41-3)29(36)24(44-31)15-17-13-20(34(38)39)28(35)23(14-17)42-4/h6-16,27,35H,5H2,1-4H3/b24-15-/t27-/m1/s1. The van der Waals surface area contributed by atoms with E-state index in [-0.39, 0.29) is 32.8 Å². The highest BCUT2D eigenvalue weighted by atomic mass is 32.1. The maximum Gasteiger partial charge on any atom is 0.338 e. The Labute approximate surface area is 254 Å². The number of aromatic nitrogens is 1. The molecule has 0 fully saturated rings. The number of rotatable bonds is 9. The Kier molecular flexibility index (Phi) is 8.49. The van der Waals surface area contributed by atoms with Gasteiger partial charge >= 0.3 is 11.7 Å². The number of thiazole rings is 1. The summed E-state index contributed by atoms with van der Waals surface area (Å²) >= 11 is 1.04. The fraction of sp³-hybridized carbons (Fsp3) is 0.194. The molecule has 0 spiro atoms. The number of phenolic OH excluding ortho intramolecular Hbond substituents is 1. The van der Waals surface area contributed by atoms with Crippen molar-refractivity contribution in [2.24, 2.45) is 4.99 Å². The number of esters is 1. The summed E-state index contributed by atoms with van der Waals surface area (Å²) in [6, 6.07) is 15.7. The van der Waals surface area contributed by atoms with Gasteiger partial charge in [-0.1, -0.05) is 47.7 Å². The van der Waals surface area contributed by atoms with Gasteiger partial charge in [-0.15, -0.1) is 0 Å². The Balaban J connectivity index is 1.84. The van der Waals surface area contributed by atoms with E-state index in [1.165, 1.54) is 38.0 Å². The molecule has 0 unspecified atom stereocenters. The average Bonchev–Trinajstić information content (AvgIpc) is 3.34. The summed E-state index contributed by atoms with van der Waals surface area (Å²) in [5.74, 6) is -0.565. The third kappa shape index (κ3) is 5.40. The van der Waals surface area contributed by atoms with Gasteiger partial charge in [-0.3, -0.25) is 19.5 Å². The van der Waals surface area contributed by atoms with Crippen LogP contribution in [0.3, 0.4) is 0 Å². The van der Waals surface area contributed by atoms with Crippen LogP contribution >= 0.6 is 11.3 Å². The van der Waals surface area contributed by atoms with E-state index in [1.807, 2.05) is 18.2 Å². The Morgan fingerprint density at radius 1 is 1.05 bits per heavy atom. The fourth-order valence-corrected chi connectivity index (χ4v) is 5.92. The van der Waals surface area contributed by atoms with Crippen molar-refractivity contribution < 1.29 is 33.8 Å². The number of nitrogens with zero attached hydrogens (tertiary/aromatic N) is 3. The minimum atomic E-state index is -0.980. The Hall–Kier alpha value is -5.43. The first-order valence-electron chi connectivity index (χ1n) is 13.3. The molecule has 226 valence electrons. The molecular formula is C31H27N3O9S. The number of carbonyl (C=O) groups is 1. The number of hydrogen-bond donors (Lipinski definition) is 1. The molecule has 3 aromatic carbocycles. The van der Waals surface area contributed by atoms with Crippen LogP contribution in [0.15, 0.2) is 76.0 Å². The van der Waals surface area contributed by atoms with Gasteiger partial charge in [0, 0.05) is 11.6 Å². The van der Waals surface area contributed by atoms with E-state index in [0.29, 0.717) is 28.3 Å². The molecule has 1 N–H and O–H groups in total. The summed E-state index contributed by atoms with van der Waals surface area (Å²) in [7, 11) is 4.25. The molecule has 1 aliphatic heterocycles. The maximum atomic E-state index is 14.1. The number of ether oxygens (including phenoxy) is 4. The van der Waals surface area contributed by atoms with Gasteiger partial charge in [-0.05, 0) is 42.3 Å². The van der Waals surface area contributed by atoms with Crippen LogP contribution in [0.1, 0.15) is 29.7 Å². The fourth-order valence-electron chi connectivity index (χ4n) is 4.92. The third-order valence-corrected chi connectivity index (χ3v) is 7.87. The predicted octanol–water partition coefficient (Wildman–Crippen LogP) is 3.58. The molecule has 4 aromatic rings. The molecule has 44 heavy (non-hydrogen) atoms. The summed E-state index contributed by atoms with van der Waals surface area (Å²) in [5, 5.41) is 21.8. The van der Waals surface area contributed by atoms with Crippen molar-refractivity contribution in [3.8, 4) is 23.0 Å². The smallest absolute Gasteiger partial charge is 0.338 e. The van der Waals surface area contributed by atoms with E-state index in [4.69, 9.17) is 23.9 Å². The molecule has 0 radical (unpaired) electrons. The van der Waals surface area contributed by atoms with Crippen molar-refractivity contribution in [1.82, 2.24) is 4.57 Å². The molecule has 0 amide bonds. The zero-order valence-corrected chi connectivity index (χ0v) is 24.9. The second kappa shape index (κ2) is 12.4. The van der Waals surface area contributed by atoms with Crippen LogP contribution in [0, 0.1) is 10.1 Å². The monoisotopic (exact) mass is 617 g/mol. The molecule has 1 atom stereocenters. The molecule has 0 saturated carbocycles. The van der Waals surface area contributed by atoms with Crippen molar-refractivity contribution in [3.63, 3.8) is 0 Å². The summed E-state index contributed by atoms with van der Waals surface area (Å²) in [6.07, 6.45) is 1.45. The minimum absolute atomic E-state index is 0.0922. The van der Waals surface area contributed by atoms with Crippen molar-refractivity contribution >= 4 is 34.8 Å². The van der Waals surface area contributed by atoms with Crippen LogP contribution in [0.2, 0.25) is 0 Å². The van der Waals surface area contributed by atoms with Gasteiger partial charge < -0.3 is 24.1 Å². The second-order valence-electron chi connectivity index (χ2n) is 9.39. The maximum absolute atomic E-state index is 14.1. The first-order chi connectivity index (χ1) is 21.2. The first-order valence-corrected chi connectivity index (χ1v) is 14.1. The van der Waals surface area contributed by atoms with Gasteiger partial charge in [-0.2, -0.15) is 0 Å². The van der Waals surface area contributed by atoms with Gasteiger partial charge in [0.2, 0.25) is 5.75 Å². The lowest BCUT2D eigenvalue weighted by molar-refractivity contribution is -0.386. The van der Waals surface area contributed by atoms with Crippen LogP contribution < -0.4 is 29.1 Å². The Morgan fingerprint density at radius 3 is 2.39 bits per heavy atom. The van der Waals surface area contributed by atoms with Crippen LogP contribution in [-0.2, 0) is 9.53 Å². The molecule has 0 saturated heterocycles. The Bertz CT molecular complexity index is 1980. The first kappa shape index (κ1) is 30.0. The van der Waals surface area contributed by atoms with E-state index >= 15 is 0 Å². The predicted molar refractivity (Wildman–Crippen MR) is 162 cm³/mol. The summed E-state index contributed by atoms with van der Waals surface area (Å²) in [5.41, 5.74) is 0.804. The topological polar surface area (TPSA) is 152 Å². The molecule has 1 aromatic heterocycles. The molecule has 1 aliphatic rings. The van der Waals surface area contributed by atoms with Crippen molar-refractivity contribution in [1.29, 1.82) is 0 Å². The molecular weight excluding hydrogens is 590 g/mol. The van der Waals surface area contributed by atoms with Crippen LogP contribution in [0.4, 0.5) is 5.69 Å². The van der Waals surface area contributed by atoms with Crippen molar-refractivity contribution in [2.75, 3.05) is 27.9 Å². The molecule has 0 bridgehead atoms. The molecule has 0 aliphatic carbocycles. The van der Waals surface area contributed by atoms with E-state index in [0.717, 1.165) is 17.4 Å². The number of aromatic hydroxyl groups is 1. The van der Waals surface area contributed by atoms with Gasteiger partial charge in [-0.25, -0.2) is 9.79 Å².